The topological polar surface area (TPSA) is 46.5 Å². The van der Waals surface area contributed by atoms with Gasteiger partial charge in [-0.05, 0) is 36.1 Å². The van der Waals surface area contributed by atoms with Crippen molar-refractivity contribution in [3.63, 3.8) is 0 Å². The molecule has 98 valence electrons. The first-order valence-corrected chi connectivity index (χ1v) is 6.49. The van der Waals surface area contributed by atoms with Crippen LogP contribution in [0.25, 0.3) is 0 Å². The van der Waals surface area contributed by atoms with Gasteiger partial charge in [0, 0.05) is 12.1 Å². The number of hydrogen-bond acceptors (Lipinski definition) is 2. The van der Waals surface area contributed by atoms with E-state index in [1.54, 1.807) is 13.2 Å². The lowest BCUT2D eigenvalue weighted by atomic mass is 9.77. The molecule has 1 fully saturated rings. The van der Waals surface area contributed by atoms with Gasteiger partial charge in [-0.15, -0.1) is 0 Å². The van der Waals surface area contributed by atoms with Crippen molar-refractivity contribution in [3.05, 3.63) is 34.3 Å². The summed E-state index contributed by atoms with van der Waals surface area (Å²) < 4.78 is 5.16. The highest BCUT2D eigenvalue weighted by molar-refractivity contribution is 6.30. The van der Waals surface area contributed by atoms with E-state index >= 15 is 0 Å². The minimum absolute atomic E-state index is 0.394. The lowest BCUT2D eigenvalue weighted by Crippen LogP contribution is -2.33. The maximum atomic E-state index is 11.7. The van der Waals surface area contributed by atoms with Crippen LogP contribution in [0.5, 0.6) is 0 Å². The molecule has 3 nitrogen and oxygen atoms in total. The first kappa shape index (κ1) is 13.4. The normalized spacial score (nSPS) is 17.9. The third-order valence-electron chi connectivity index (χ3n) is 3.75. The smallest absolute Gasteiger partial charge is 0.314 e. The Morgan fingerprint density at radius 2 is 2.11 bits per heavy atom. The summed E-state index contributed by atoms with van der Waals surface area (Å²) in [7, 11) is 1.60. The summed E-state index contributed by atoms with van der Waals surface area (Å²) in [6.07, 6.45) is 3.31. The minimum atomic E-state index is -0.752. The third-order valence-corrected chi connectivity index (χ3v) is 3.98. The zero-order valence-corrected chi connectivity index (χ0v) is 11.2. The summed E-state index contributed by atoms with van der Waals surface area (Å²) in [5.41, 5.74) is 0.992. The lowest BCUT2D eigenvalue weighted by molar-refractivity contribution is -0.143. The van der Waals surface area contributed by atoms with Crippen LogP contribution in [-0.4, -0.2) is 18.2 Å². The van der Waals surface area contributed by atoms with E-state index in [2.05, 4.69) is 0 Å². The zero-order chi connectivity index (χ0) is 13.2. The van der Waals surface area contributed by atoms with Gasteiger partial charge >= 0.3 is 5.97 Å². The number of ether oxygens (including phenoxy) is 1. The average molecular weight is 269 g/mol. The summed E-state index contributed by atoms with van der Waals surface area (Å²) in [5.74, 6) is -0.736. The largest absolute Gasteiger partial charge is 0.481 e. The molecule has 1 N–H and O–H groups in total. The molecule has 2 rings (SSSR count). The molecule has 0 amide bonds. The fourth-order valence-corrected chi connectivity index (χ4v) is 3.08. The van der Waals surface area contributed by atoms with Crippen LogP contribution in [0.2, 0.25) is 5.02 Å². The predicted octanol–water partition coefficient (Wildman–Crippen LogP) is 3.38. The molecule has 4 heteroatoms. The summed E-state index contributed by atoms with van der Waals surface area (Å²) in [5, 5.41) is 10.2. The third kappa shape index (κ3) is 2.25. The zero-order valence-electron chi connectivity index (χ0n) is 10.4. The molecule has 1 aliphatic carbocycles. The van der Waals surface area contributed by atoms with Crippen LogP contribution >= 0.6 is 11.6 Å². The molecule has 1 aromatic rings. The number of methoxy groups -OCH3 is 1. The van der Waals surface area contributed by atoms with E-state index in [9.17, 15) is 9.90 Å². The molecule has 0 spiro atoms. The highest BCUT2D eigenvalue weighted by Crippen LogP contribution is 2.43. The Balaban J connectivity index is 2.50. The Kier molecular flexibility index (Phi) is 3.93. The molecule has 0 atom stereocenters. The van der Waals surface area contributed by atoms with Crippen molar-refractivity contribution in [1.82, 2.24) is 0 Å². The van der Waals surface area contributed by atoms with Gasteiger partial charge in [-0.1, -0.05) is 30.5 Å². The van der Waals surface area contributed by atoms with Crippen molar-refractivity contribution >= 4 is 17.6 Å². The Morgan fingerprint density at radius 3 is 2.67 bits per heavy atom. The molecule has 0 unspecified atom stereocenters. The van der Waals surface area contributed by atoms with Crippen molar-refractivity contribution in [2.45, 2.75) is 37.7 Å². The molecular formula is C14H17ClO3. The second kappa shape index (κ2) is 5.29. The predicted molar refractivity (Wildman–Crippen MR) is 69.9 cm³/mol. The highest BCUT2D eigenvalue weighted by Gasteiger charge is 2.44. The molecule has 0 aromatic heterocycles. The van der Waals surface area contributed by atoms with E-state index in [0.29, 0.717) is 24.5 Å². The second-order valence-electron chi connectivity index (χ2n) is 4.83. The van der Waals surface area contributed by atoms with E-state index in [4.69, 9.17) is 16.3 Å². The molecule has 18 heavy (non-hydrogen) atoms. The lowest BCUT2D eigenvalue weighted by Gasteiger charge is -2.27. The Labute approximate surface area is 112 Å². The fraction of sp³-hybridized carbons (Fsp3) is 0.500. The van der Waals surface area contributed by atoms with Gasteiger partial charge in [0.05, 0.1) is 12.0 Å². The van der Waals surface area contributed by atoms with Crippen LogP contribution in [0.4, 0.5) is 0 Å². The molecule has 0 radical (unpaired) electrons. The highest BCUT2D eigenvalue weighted by atomic mass is 35.5. The fourth-order valence-electron chi connectivity index (χ4n) is 2.88. The average Bonchev–Trinajstić information content (AvgIpc) is 2.80. The number of rotatable bonds is 4. The molecule has 0 aliphatic heterocycles. The van der Waals surface area contributed by atoms with Gasteiger partial charge in [0.25, 0.3) is 0 Å². The van der Waals surface area contributed by atoms with Crippen LogP contribution < -0.4 is 0 Å². The number of carboxylic acids is 1. The van der Waals surface area contributed by atoms with Crippen molar-refractivity contribution in [3.8, 4) is 0 Å². The van der Waals surface area contributed by atoms with Crippen molar-refractivity contribution in [1.29, 1.82) is 0 Å². The van der Waals surface area contributed by atoms with Crippen LogP contribution in [0, 0.1) is 0 Å². The van der Waals surface area contributed by atoms with E-state index in [1.807, 2.05) is 12.1 Å². The quantitative estimate of drug-likeness (QED) is 0.911. The Morgan fingerprint density at radius 1 is 1.44 bits per heavy atom. The van der Waals surface area contributed by atoms with Gasteiger partial charge in [-0.2, -0.15) is 0 Å². The summed E-state index contributed by atoms with van der Waals surface area (Å²) >= 11 is 5.98. The van der Waals surface area contributed by atoms with E-state index in [1.165, 1.54) is 0 Å². The van der Waals surface area contributed by atoms with E-state index in [-0.39, 0.29) is 0 Å². The Bertz CT molecular complexity index is 450. The van der Waals surface area contributed by atoms with Gasteiger partial charge in [0.1, 0.15) is 0 Å². The maximum absolute atomic E-state index is 11.7. The first-order valence-electron chi connectivity index (χ1n) is 6.11. The van der Waals surface area contributed by atoms with Crippen molar-refractivity contribution in [2.24, 2.45) is 0 Å². The first-order chi connectivity index (χ1) is 8.60. The van der Waals surface area contributed by atoms with Gasteiger partial charge in [-0.3, -0.25) is 4.79 Å². The maximum Gasteiger partial charge on any atom is 0.314 e. The van der Waals surface area contributed by atoms with Crippen LogP contribution in [-0.2, 0) is 21.6 Å². The van der Waals surface area contributed by atoms with Crippen molar-refractivity contribution < 1.29 is 14.6 Å². The van der Waals surface area contributed by atoms with Gasteiger partial charge in [-0.25, -0.2) is 0 Å². The van der Waals surface area contributed by atoms with Crippen LogP contribution in [0.1, 0.15) is 36.8 Å². The molecule has 1 aliphatic rings. The van der Waals surface area contributed by atoms with E-state index in [0.717, 1.165) is 24.0 Å². The van der Waals surface area contributed by atoms with E-state index < -0.39 is 11.4 Å². The number of halogens is 1. The number of hydrogen-bond donors (Lipinski definition) is 1. The number of carbonyl (C=O) groups is 1. The molecular weight excluding hydrogens is 252 g/mol. The molecule has 1 saturated carbocycles. The molecule has 0 bridgehead atoms. The van der Waals surface area contributed by atoms with Crippen LogP contribution in [0.15, 0.2) is 18.2 Å². The second-order valence-corrected chi connectivity index (χ2v) is 5.27. The number of carboxylic acid groups (broad SMARTS) is 1. The number of aliphatic carboxylic acids is 1. The number of benzene rings is 1. The SMILES string of the molecule is COCc1cc(Cl)ccc1C1(C(=O)O)CCCC1. The van der Waals surface area contributed by atoms with Crippen molar-refractivity contribution in [2.75, 3.05) is 7.11 Å². The van der Waals surface area contributed by atoms with Crippen LogP contribution in [0.3, 0.4) is 0 Å². The standard InChI is InChI=1S/C14H17ClO3/c1-18-9-10-8-11(15)4-5-12(10)14(13(16)17)6-2-3-7-14/h4-5,8H,2-3,6-7,9H2,1H3,(H,16,17). The Hall–Kier alpha value is -1.06. The van der Waals surface area contributed by atoms with Gasteiger partial charge in [0.15, 0.2) is 0 Å². The van der Waals surface area contributed by atoms with Gasteiger partial charge < -0.3 is 9.84 Å². The monoisotopic (exact) mass is 268 g/mol. The minimum Gasteiger partial charge on any atom is -0.481 e. The molecule has 0 saturated heterocycles. The molecule has 0 heterocycles. The van der Waals surface area contributed by atoms with Gasteiger partial charge in [0.2, 0.25) is 0 Å². The summed E-state index contributed by atoms with van der Waals surface area (Å²) in [4.78, 5) is 11.7. The summed E-state index contributed by atoms with van der Waals surface area (Å²) in [6.45, 7) is 0.394. The molecule has 1 aromatic carbocycles. The summed E-state index contributed by atoms with van der Waals surface area (Å²) in [6, 6.07) is 5.42.